The molecule has 0 unspecified atom stereocenters. The Morgan fingerprint density at radius 1 is 1.03 bits per heavy atom. The van der Waals surface area contributed by atoms with Crippen molar-refractivity contribution in [3.05, 3.63) is 83.3 Å². The minimum Gasteiger partial charge on any atom is -0.345 e. The van der Waals surface area contributed by atoms with Crippen LogP contribution >= 0.6 is 11.5 Å². The van der Waals surface area contributed by atoms with Crippen molar-refractivity contribution in [1.82, 2.24) is 24.2 Å². The molecule has 0 saturated carbocycles. The molecule has 5 aromatic rings. The Kier molecular flexibility index (Phi) is 4.86. The van der Waals surface area contributed by atoms with Crippen molar-refractivity contribution in [3.8, 4) is 5.69 Å². The van der Waals surface area contributed by atoms with E-state index in [1.807, 2.05) is 5.38 Å². The van der Waals surface area contributed by atoms with Gasteiger partial charge in [-0.2, -0.15) is 17.5 Å². The number of carbonyl (C=O) groups excluding carboxylic acids is 1. The third-order valence-corrected chi connectivity index (χ3v) is 5.65. The number of nitrogens with zero attached hydrogens (tertiary/aromatic N) is 4. The molecule has 1 N–H and O–H groups in total. The summed E-state index contributed by atoms with van der Waals surface area (Å²) < 4.78 is 45.1. The van der Waals surface area contributed by atoms with E-state index in [1.165, 1.54) is 23.7 Å². The zero-order valence-electron chi connectivity index (χ0n) is 16.3. The van der Waals surface area contributed by atoms with E-state index in [2.05, 4.69) is 19.7 Å². The maximum atomic E-state index is 12.9. The number of halogens is 3. The van der Waals surface area contributed by atoms with Crippen molar-refractivity contribution >= 4 is 39.4 Å². The zero-order valence-corrected chi connectivity index (χ0v) is 17.1. The lowest BCUT2D eigenvalue weighted by Gasteiger charge is -2.10. The third-order valence-electron chi connectivity index (χ3n) is 5.03. The van der Waals surface area contributed by atoms with Crippen molar-refractivity contribution in [2.24, 2.45) is 0 Å². The number of hydrogen-bond donors (Lipinski definition) is 1. The normalized spacial score (nSPS) is 11.8. The van der Waals surface area contributed by atoms with E-state index < -0.39 is 11.7 Å². The number of fused-ring (bicyclic) bond motifs is 3. The second-order valence-electron chi connectivity index (χ2n) is 7.01. The Labute approximate surface area is 183 Å². The van der Waals surface area contributed by atoms with E-state index in [0.29, 0.717) is 22.7 Å². The van der Waals surface area contributed by atoms with E-state index in [1.54, 1.807) is 41.2 Å². The molecule has 32 heavy (non-hydrogen) atoms. The molecule has 3 heterocycles. The number of benzene rings is 2. The number of hydrogen-bond acceptors (Lipinski definition) is 5. The number of carbonyl (C=O) groups is 1. The molecule has 0 saturated heterocycles. The average Bonchev–Trinajstić information content (AvgIpc) is 3.38. The first-order valence-corrected chi connectivity index (χ1v) is 10.4. The first-order chi connectivity index (χ1) is 15.4. The SMILES string of the molecule is O=C(NCc1ncccn1)c1ccc2c(c1)c1csnc1n2-c1ccc(C(F)(F)F)cc1. The predicted molar refractivity (Wildman–Crippen MR) is 115 cm³/mol. The zero-order chi connectivity index (χ0) is 22.3. The van der Waals surface area contributed by atoms with Crippen LogP contribution in [0, 0.1) is 0 Å². The monoisotopic (exact) mass is 453 g/mol. The molecule has 0 aliphatic rings. The predicted octanol–water partition coefficient (Wildman–Crippen LogP) is 4.98. The highest BCUT2D eigenvalue weighted by atomic mass is 32.1. The maximum absolute atomic E-state index is 12.9. The number of amides is 1. The summed E-state index contributed by atoms with van der Waals surface area (Å²) in [5.74, 6) is 0.220. The fraction of sp³-hybridized carbons (Fsp3) is 0.0909. The van der Waals surface area contributed by atoms with Crippen molar-refractivity contribution in [2.45, 2.75) is 12.7 Å². The molecule has 0 aliphatic carbocycles. The van der Waals surface area contributed by atoms with Gasteiger partial charge in [-0.25, -0.2) is 9.97 Å². The summed E-state index contributed by atoms with van der Waals surface area (Å²) in [6, 6.07) is 11.8. The highest BCUT2D eigenvalue weighted by Gasteiger charge is 2.30. The number of nitrogens with one attached hydrogen (secondary N) is 1. The van der Waals surface area contributed by atoms with Gasteiger partial charge < -0.3 is 5.32 Å². The van der Waals surface area contributed by atoms with Crippen LogP contribution in [0.5, 0.6) is 0 Å². The largest absolute Gasteiger partial charge is 0.416 e. The van der Waals surface area contributed by atoms with E-state index >= 15 is 0 Å². The van der Waals surface area contributed by atoms with Gasteiger partial charge in [0.15, 0.2) is 5.65 Å². The van der Waals surface area contributed by atoms with Crippen LogP contribution in [0.4, 0.5) is 13.2 Å². The van der Waals surface area contributed by atoms with Crippen LogP contribution in [0.1, 0.15) is 21.7 Å². The van der Waals surface area contributed by atoms with Crippen molar-refractivity contribution in [2.75, 3.05) is 0 Å². The minimum atomic E-state index is -4.40. The van der Waals surface area contributed by atoms with Crippen molar-refractivity contribution in [3.63, 3.8) is 0 Å². The van der Waals surface area contributed by atoms with Gasteiger partial charge in [-0.1, -0.05) is 0 Å². The van der Waals surface area contributed by atoms with Gasteiger partial charge in [0.25, 0.3) is 5.91 Å². The number of alkyl halides is 3. The van der Waals surface area contributed by atoms with Gasteiger partial charge in [-0.15, -0.1) is 0 Å². The molecule has 160 valence electrons. The quantitative estimate of drug-likeness (QED) is 0.417. The van der Waals surface area contributed by atoms with Crippen molar-refractivity contribution in [1.29, 1.82) is 0 Å². The highest BCUT2D eigenvalue weighted by Crippen LogP contribution is 2.35. The molecule has 0 atom stereocenters. The van der Waals surface area contributed by atoms with E-state index in [9.17, 15) is 18.0 Å². The summed E-state index contributed by atoms with van der Waals surface area (Å²) in [6.45, 7) is 0.194. The van der Waals surface area contributed by atoms with Crippen LogP contribution in [0.15, 0.2) is 66.3 Å². The Morgan fingerprint density at radius 2 is 1.78 bits per heavy atom. The van der Waals surface area contributed by atoms with Crippen molar-refractivity contribution < 1.29 is 18.0 Å². The average molecular weight is 453 g/mol. The van der Waals surface area contributed by atoms with Gasteiger partial charge in [0.05, 0.1) is 17.6 Å². The Balaban J connectivity index is 1.52. The topological polar surface area (TPSA) is 72.7 Å². The summed E-state index contributed by atoms with van der Waals surface area (Å²) >= 11 is 1.24. The van der Waals surface area contributed by atoms with Crippen LogP contribution < -0.4 is 5.32 Å². The molecule has 6 nitrogen and oxygen atoms in total. The molecule has 1 amide bonds. The van der Waals surface area contributed by atoms with Crippen LogP contribution in [0.25, 0.3) is 27.6 Å². The Morgan fingerprint density at radius 3 is 2.50 bits per heavy atom. The lowest BCUT2D eigenvalue weighted by Crippen LogP contribution is -2.23. The molecule has 3 aromatic heterocycles. The Bertz CT molecular complexity index is 1430. The van der Waals surface area contributed by atoms with Crippen LogP contribution in [0.3, 0.4) is 0 Å². The first kappa shape index (κ1) is 20.1. The van der Waals surface area contributed by atoms with E-state index in [0.717, 1.165) is 28.4 Å². The van der Waals surface area contributed by atoms with Crippen LogP contribution in [-0.4, -0.2) is 24.8 Å². The van der Waals surface area contributed by atoms with Crippen LogP contribution in [0.2, 0.25) is 0 Å². The summed E-state index contributed by atoms with van der Waals surface area (Å²) in [5, 5.41) is 6.26. The van der Waals surface area contributed by atoms with Gasteiger partial charge in [-0.05, 0) is 60.1 Å². The molecule has 2 aromatic carbocycles. The molecule has 0 bridgehead atoms. The molecule has 0 aliphatic heterocycles. The standard InChI is InChI=1S/C22H14F3N5OS/c23-22(24,25)14-3-5-15(6-4-14)30-18-7-2-13(10-16(18)17-12-32-29-20(17)30)21(31)28-11-19-26-8-1-9-27-19/h1-10,12H,11H2,(H,28,31). The van der Waals surface area contributed by atoms with E-state index in [4.69, 9.17) is 0 Å². The lowest BCUT2D eigenvalue weighted by molar-refractivity contribution is -0.137. The Hall–Kier alpha value is -3.79. The number of rotatable bonds is 4. The van der Waals surface area contributed by atoms with Gasteiger partial charge in [0.1, 0.15) is 5.82 Å². The highest BCUT2D eigenvalue weighted by molar-refractivity contribution is 7.05. The summed E-state index contributed by atoms with van der Waals surface area (Å²) in [6.07, 6.45) is -1.20. The molecular weight excluding hydrogens is 439 g/mol. The summed E-state index contributed by atoms with van der Waals surface area (Å²) in [5.41, 5.74) is 1.67. The molecule has 0 radical (unpaired) electrons. The summed E-state index contributed by atoms with van der Waals surface area (Å²) in [7, 11) is 0. The summed E-state index contributed by atoms with van der Waals surface area (Å²) in [4.78, 5) is 20.8. The minimum absolute atomic E-state index is 0.194. The smallest absolute Gasteiger partial charge is 0.345 e. The lowest BCUT2D eigenvalue weighted by atomic mass is 10.1. The van der Waals surface area contributed by atoms with Gasteiger partial charge in [-0.3, -0.25) is 9.36 Å². The van der Waals surface area contributed by atoms with E-state index in [-0.39, 0.29) is 12.5 Å². The molecule has 0 spiro atoms. The fourth-order valence-corrected chi connectivity index (χ4v) is 4.19. The molecular formula is C22H14F3N5OS. The van der Waals surface area contributed by atoms with Gasteiger partial charge in [0, 0.05) is 39.8 Å². The molecule has 5 rings (SSSR count). The second kappa shape index (κ2) is 7.72. The van der Waals surface area contributed by atoms with Gasteiger partial charge >= 0.3 is 6.18 Å². The third kappa shape index (κ3) is 3.58. The fourth-order valence-electron chi connectivity index (χ4n) is 3.52. The maximum Gasteiger partial charge on any atom is 0.416 e. The molecule has 0 fully saturated rings. The second-order valence-corrected chi connectivity index (χ2v) is 7.64. The first-order valence-electron chi connectivity index (χ1n) is 9.52. The molecule has 10 heteroatoms. The van der Waals surface area contributed by atoms with Crippen LogP contribution in [-0.2, 0) is 12.7 Å². The van der Waals surface area contributed by atoms with Gasteiger partial charge in [0.2, 0.25) is 0 Å². The number of aromatic nitrogens is 4.